The lowest BCUT2D eigenvalue weighted by atomic mass is 10.4. The quantitative estimate of drug-likeness (QED) is 0.777. The van der Waals surface area contributed by atoms with Gasteiger partial charge in [-0.25, -0.2) is 17.9 Å². The van der Waals surface area contributed by atoms with Crippen LogP contribution in [0.1, 0.15) is 10.4 Å². The minimum absolute atomic E-state index is 0.00607. The third-order valence-electron chi connectivity index (χ3n) is 2.76. The molecule has 0 amide bonds. The van der Waals surface area contributed by atoms with Gasteiger partial charge in [0, 0.05) is 24.2 Å². The number of H-pyrrole nitrogens is 1. The molecule has 0 aromatic carbocycles. The average molecular weight is 340 g/mol. The van der Waals surface area contributed by atoms with E-state index in [0.29, 0.717) is 0 Å². The van der Waals surface area contributed by atoms with Crippen molar-refractivity contribution in [3.05, 3.63) is 49.6 Å². The van der Waals surface area contributed by atoms with Crippen LogP contribution in [0.2, 0.25) is 0 Å². The SMILES string of the molecule is Cc1ccc(S(=O)(=O)NCCn2cc(C#N)c(=O)[nH]c2=O)s1. The largest absolute Gasteiger partial charge is 0.328 e. The molecular formula is C12H12N4O4S2. The van der Waals surface area contributed by atoms with Crippen molar-refractivity contribution in [3.8, 4) is 6.07 Å². The highest BCUT2D eigenvalue weighted by atomic mass is 32.2. The third-order valence-corrected chi connectivity index (χ3v) is 5.71. The maximum Gasteiger partial charge on any atom is 0.328 e. The van der Waals surface area contributed by atoms with E-state index in [1.54, 1.807) is 19.1 Å². The van der Waals surface area contributed by atoms with Gasteiger partial charge in [0.2, 0.25) is 10.0 Å². The molecule has 0 aliphatic carbocycles. The molecule has 0 aliphatic heterocycles. The van der Waals surface area contributed by atoms with Gasteiger partial charge in [0.05, 0.1) is 0 Å². The van der Waals surface area contributed by atoms with Gasteiger partial charge in [0.25, 0.3) is 5.56 Å². The molecule has 0 bridgehead atoms. The summed E-state index contributed by atoms with van der Waals surface area (Å²) >= 11 is 1.14. The molecule has 2 N–H and O–H groups in total. The monoisotopic (exact) mass is 340 g/mol. The summed E-state index contributed by atoms with van der Waals surface area (Å²) in [6.45, 7) is 1.75. The first-order valence-corrected chi connectivity index (χ1v) is 8.43. The van der Waals surface area contributed by atoms with Gasteiger partial charge in [0.1, 0.15) is 15.8 Å². The molecule has 0 saturated heterocycles. The molecule has 0 radical (unpaired) electrons. The molecule has 10 heteroatoms. The highest BCUT2D eigenvalue weighted by Crippen LogP contribution is 2.19. The number of hydrogen-bond acceptors (Lipinski definition) is 6. The number of thiophene rings is 1. The first-order chi connectivity index (χ1) is 10.3. The molecule has 0 atom stereocenters. The molecule has 8 nitrogen and oxygen atoms in total. The van der Waals surface area contributed by atoms with Crippen molar-refractivity contribution >= 4 is 21.4 Å². The molecule has 0 unspecified atom stereocenters. The molecule has 116 valence electrons. The van der Waals surface area contributed by atoms with Crippen LogP contribution in [0, 0.1) is 18.3 Å². The third kappa shape index (κ3) is 3.51. The number of hydrogen-bond donors (Lipinski definition) is 2. The van der Waals surface area contributed by atoms with E-state index in [4.69, 9.17) is 5.26 Å². The van der Waals surface area contributed by atoms with E-state index >= 15 is 0 Å². The van der Waals surface area contributed by atoms with E-state index in [1.807, 2.05) is 4.98 Å². The van der Waals surface area contributed by atoms with Crippen LogP contribution < -0.4 is 16.0 Å². The fourth-order valence-electron chi connectivity index (χ4n) is 1.68. The standard InChI is InChI=1S/C12H12N4O4S2/c1-8-2-3-10(21-8)22(19,20)14-4-5-16-7-9(6-13)11(17)15-12(16)18/h2-3,7,14H,4-5H2,1H3,(H,15,17,18). The van der Waals surface area contributed by atoms with E-state index in [1.165, 1.54) is 6.07 Å². The van der Waals surface area contributed by atoms with Crippen LogP contribution in [0.15, 0.2) is 32.1 Å². The minimum Gasteiger partial charge on any atom is -0.298 e. The minimum atomic E-state index is -3.63. The Balaban J connectivity index is 2.10. The van der Waals surface area contributed by atoms with Gasteiger partial charge in [-0.2, -0.15) is 5.26 Å². The van der Waals surface area contributed by atoms with Crippen molar-refractivity contribution in [2.75, 3.05) is 6.54 Å². The van der Waals surface area contributed by atoms with E-state index < -0.39 is 21.3 Å². The Bertz CT molecular complexity index is 946. The number of aromatic amines is 1. The van der Waals surface area contributed by atoms with Crippen LogP contribution in [0.4, 0.5) is 0 Å². The van der Waals surface area contributed by atoms with Gasteiger partial charge < -0.3 is 0 Å². The van der Waals surface area contributed by atoms with Gasteiger partial charge in [-0.15, -0.1) is 11.3 Å². The molecule has 2 rings (SSSR count). The highest BCUT2D eigenvalue weighted by Gasteiger charge is 2.15. The summed E-state index contributed by atoms with van der Waals surface area (Å²) in [5.74, 6) is 0. The van der Waals surface area contributed by atoms with Gasteiger partial charge >= 0.3 is 5.69 Å². The zero-order valence-electron chi connectivity index (χ0n) is 11.5. The van der Waals surface area contributed by atoms with Crippen molar-refractivity contribution in [2.24, 2.45) is 0 Å². The molecule has 2 heterocycles. The van der Waals surface area contributed by atoms with Crippen molar-refractivity contribution in [2.45, 2.75) is 17.7 Å². The van der Waals surface area contributed by atoms with Crippen LogP contribution >= 0.6 is 11.3 Å². The fourth-order valence-corrected chi connectivity index (χ4v) is 4.03. The number of nitrogens with zero attached hydrogens (tertiary/aromatic N) is 2. The average Bonchev–Trinajstić information content (AvgIpc) is 2.88. The first kappa shape index (κ1) is 16.2. The van der Waals surface area contributed by atoms with Crippen molar-refractivity contribution in [1.29, 1.82) is 5.26 Å². The summed E-state index contributed by atoms with van der Waals surface area (Å²) in [4.78, 5) is 25.7. The lowest BCUT2D eigenvalue weighted by Crippen LogP contribution is -2.35. The van der Waals surface area contributed by atoms with Crippen LogP contribution in [0.5, 0.6) is 0 Å². The lowest BCUT2D eigenvalue weighted by Gasteiger charge is -2.07. The summed E-state index contributed by atoms with van der Waals surface area (Å²) in [6, 6.07) is 4.86. The molecule has 0 fully saturated rings. The number of aromatic nitrogens is 2. The van der Waals surface area contributed by atoms with Gasteiger partial charge in [0.15, 0.2) is 0 Å². The Labute approximate surface area is 129 Å². The first-order valence-electron chi connectivity index (χ1n) is 6.13. The van der Waals surface area contributed by atoms with Crippen molar-refractivity contribution in [3.63, 3.8) is 0 Å². The molecule has 22 heavy (non-hydrogen) atoms. The second kappa shape index (κ2) is 6.27. The fraction of sp³-hybridized carbons (Fsp3) is 0.250. The van der Waals surface area contributed by atoms with Gasteiger partial charge in [-0.1, -0.05) is 0 Å². The zero-order chi connectivity index (χ0) is 16.3. The van der Waals surface area contributed by atoms with E-state index in [-0.39, 0.29) is 22.9 Å². The van der Waals surface area contributed by atoms with Gasteiger partial charge in [-0.3, -0.25) is 14.3 Å². The number of sulfonamides is 1. The zero-order valence-corrected chi connectivity index (χ0v) is 13.1. The molecule has 0 aliphatic rings. The Hall–Kier alpha value is -2.22. The number of nitrogens with one attached hydrogen (secondary N) is 2. The van der Waals surface area contributed by atoms with Crippen molar-refractivity contribution < 1.29 is 8.42 Å². The Morgan fingerprint density at radius 2 is 2.14 bits per heavy atom. The predicted octanol–water partition coefficient (Wildman–Crippen LogP) is -0.243. The summed E-state index contributed by atoms with van der Waals surface area (Å²) in [7, 11) is -3.63. The molecule has 0 saturated carbocycles. The topological polar surface area (TPSA) is 125 Å². The lowest BCUT2D eigenvalue weighted by molar-refractivity contribution is 0.569. The second-order valence-electron chi connectivity index (χ2n) is 4.37. The second-order valence-corrected chi connectivity index (χ2v) is 7.65. The molecule has 2 aromatic heterocycles. The summed E-state index contributed by atoms with van der Waals surface area (Å²) < 4.78 is 27.6. The Kier molecular flexibility index (Phi) is 4.60. The maximum atomic E-state index is 12.0. The Morgan fingerprint density at radius 3 is 2.73 bits per heavy atom. The van der Waals surface area contributed by atoms with Crippen LogP contribution in [0.3, 0.4) is 0 Å². The predicted molar refractivity (Wildman–Crippen MR) is 80.3 cm³/mol. The molecular weight excluding hydrogens is 328 g/mol. The van der Waals surface area contributed by atoms with E-state index in [9.17, 15) is 18.0 Å². The number of rotatable bonds is 5. The van der Waals surface area contributed by atoms with E-state index in [0.717, 1.165) is 27.0 Å². The maximum absolute atomic E-state index is 12.0. The number of aryl methyl sites for hydroxylation is 1. The van der Waals surface area contributed by atoms with Gasteiger partial charge in [-0.05, 0) is 19.1 Å². The molecule has 0 spiro atoms. The van der Waals surface area contributed by atoms with Crippen molar-refractivity contribution in [1.82, 2.24) is 14.3 Å². The van der Waals surface area contributed by atoms with Crippen LogP contribution in [-0.2, 0) is 16.6 Å². The summed E-state index contributed by atoms with van der Waals surface area (Å²) in [5.41, 5.74) is -1.68. The Morgan fingerprint density at radius 1 is 1.41 bits per heavy atom. The van der Waals surface area contributed by atoms with Crippen LogP contribution in [0.25, 0.3) is 0 Å². The smallest absolute Gasteiger partial charge is 0.298 e. The summed E-state index contributed by atoms with van der Waals surface area (Å²) in [5, 5.41) is 8.74. The molecule has 2 aromatic rings. The van der Waals surface area contributed by atoms with Crippen LogP contribution in [-0.4, -0.2) is 24.5 Å². The van der Waals surface area contributed by atoms with E-state index in [2.05, 4.69) is 4.72 Å². The normalized spacial score (nSPS) is 11.3. The highest BCUT2D eigenvalue weighted by molar-refractivity contribution is 7.91. The summed E-state index contributed by atoms with van der Waals surface area (Å²) in [6.07, 6.45) is 1.10. The number of nitriles is 1.